The summed E-state index contributed by atoms with van der Waals surface area (Å²) >= 11 is 0. The van der Waals surface area contributed by atoms with Gasteiger partial charge in [-0.15, -0.1) is 0 Å². The number of ether oxygens (including phenoxy) is 1. The Balaban J connectivity index is 1.66. The number of rotatable bonds is 4. The highest BCUT2D eigenvalue weighted by Crippen LogP contribution is 2.32. The molecule has 4 rings (SSSR count). The number of aryl methyl sites for hydroxylation is 2. The number of hydrogen-bond acceptors (Lipinski definition) is 4. The molecule has 25 heavy (non-hydrogen) atoms. The molecule has 1 aliphatic carbocycles. The average molecular weight is 334 g/mol. The van der Waals surface area contributed by atoms with Crippen LogP contribution in [0.2, 0.25) is 0 Å². The molecule has 0 aliphatic heterocycles. The Hall–Kier alpha value is -2.62. The monoisotopic (exact) mass is 334 g/mol. The molecule has 0 spiro atoms. The van der Waals surface area contributed by atoms with Crippen molar-refractivity contribution in [3.05, 3.63) is 53.1 Å². The highest BCUT2D eigenvalue weighted by atomic mass is 16.5. The number of benzene rings is 2. The van der Waals surface area contributed by atoms with Crippen molar-refractivity contribution in [2.45, 2.75) is 46.1 Å². The Kier molecular flexibility index (Phi) is 4.04. The van der Waals surface area contributed by atoms with Crippen molar-refractivity contribution in [3.63, 3.8) is 0 Å². The van der Waals surface area contributed by atoms with Crippen LogP contribution in [0.15, 0.2) is 40.9 Å². The SMILES string of the molecule is Cc1cc(-c2nc(-c3cccc4c3CCC4)no2)ccc1OC(C)C. The lowest BCUT2D eigenvalue weighted by Gasteiger charge is -2.12. The second kappa shape index (κ2) is 6.36. The van der Waals surface area contributed by atoms with Crippen LogP contribution >= 0.6 is 0 Å². The molecular formula is C21H22N2O2. The third-order valence-corrected chi connectivity index (χ3v) is 4.60. The smallest absolute Gasteiger partial charge is 0.258 e. The van der Waals surface area contributed by atoms with Gasteiger partial charge in [-0.25, -0.2) is 0 Å². The molecule has 1 heterocycles. The predicted octanol–water partition coefficient (Wildman–Crippen LogP) is 4.99. The van der Waals surface area contributed by atoms with E-state index in [2.05, 4.69) is 28.3 Å². The molecule has 0 atom stereocenters. The van der Waals surface area contributed by atoms with E-state index in [1.54, 1.807) is 0 Å². The number of nitrogens with zero attached hydrogens (tertiary/aromatic N) is 2. The van der Waals surface area contributed by atoms with E-state index in [1.807, 2.05) is 39.0 Å². The quantitative estimate of drug-likeness (QED) is 0.674. The van der Waals surface area contributed by atoms with E-state index in [0.29, 0.717) is 11.7 Å². The van der Waals surface area contributed by atoms with Gasteiger partial charge < -0.3 is 9.26 Å². The van der Waals surface area contributed by atoms with Gasteiger partial charge in [0.05, 0.1) is 6.10 Å². The summed E-state index contributed by atoms with van der Waals surface area (Å²) in [7, 11) is 0. The Morgan fingerprint density at radius 3 is 2.80 bits per heavy atom. The highest BCUT2D eigenvalue weighted by Gasteiger charge is 2.19. The van der Waals surface area contributed by atoms with E-state index in [1.165, 1.54) is 17.5 Å². The van der Waals surface area contributed by atoms with E-state index in [-0.39, 0.29) is 6.10 Å². The lowest BCUT2D eigenvalue weighted by molar-refractivity contribution is 0.241. The number of fused-ring (bicyclic) bond motifs is 1. The topological polar surface area (TPSA) is 48.2 Å². The molecule has 128 valence electrons. The number of hydrogen-bond donors (Lipinski definition) is 0. The summed E-state index contributed by atoms with van der Waals surface area (Å²) in [5, 5.41) is 4.22. The van der Waals surface area contributed by atoms with Gasteiger partial charge in [0.15, 0.2) is 0 Å². The third kappa shape index (κ3) is 3.04. The number of aromatic nitrogens is 2. The molecule has 0 fully saturated rings. The zero-order chi connectivity index (χ0) is 17.4. The molecule has 1 aromatic heterocycles. The molecule has 2 aromatic carbocycles. The van der Waals surface area contributed by atoms with Crippen molar-refractivity contribution in [3.8, 4) is 28.6 Å². The summed E-state index contributed by atoms with van der Waals surface area (Å²) in [5.41, 5.74) is 5.86. The average Bonchev–Trinajstić information content (AvgIpc) is 3.24. The van der Waals surface area contributed by atoms with Crippen LogP contribution in [0.25, 0.3) is 22.8 Å². The van der Waals surface area contributed by atoms with Crippen molar-refractivity contribution < 1.29 is 9.26 Å². The predicted molar refractivity (Wildman–Crippen MR) is 97.7 cm³/mol. The molecule has 0 saturated heterocycles. The van der Waals surface area contributed by atoms with Crippen LogP contribution < -0.4 is 4.74 Å². The van der Waals surface area contributed by atoms with Crippen molar-refractivity contribution in [1.29, 1.82) is 0 Å². The van der Waals surface area contributed by atoms with Crippen molar-refractivity contribution in [1.82, 2.24) is 10.1 Å². The maximum absolute atomic E-state index is 5.79. The van der Waals surface area contributed by atoms with Crippen molar-refractivity contribution in [2.24, 2.45) is 0 Å². The van der Waals surface area contributed by atoms with Gasteiger partial charge in [-0.2, -0.15) is 4.98 Å². The first kappa shape index (κ1) is 15.9. The van der Waals surface area contributed by atoms with E-state index in [0.717, 1.165) is 35.3 Å². The van der Waals surface area contributed by atoms with E-state index >= 15 is 0 Å². The van der Waals surface area contributed by atoms with Crippen LogP contribution in [0.1, 0.15) is 37.0 Å². The first-order chi connectivity index (χ1) is 12.1. The van der Waals surface area contributed by atoms with Gasteiger partial charge in [0.2, 0.25) is 5.82 Å². The van der Waals surface area contributed by atoms with Crippen molar-refractivity contribution >= 4 is 0 Å². The van der Waals surface area contributed by atoms with Crippen LogP contribution in [0.4, 0.5) is 0 Å². The fourth-order valence-corrected chi connectivity index (χ4v) is 3.45. The second-order valence-electron chi connectivity index (χ2n) is 6.87. The normalized spacial score (nSPS) is 13.3. The molecule has 1 aliphatic rings. The summed E-state index contributed by atoms with van der Waals surface area (Å²) in [6.07, 6.45) is 3.59. The van der Waals surface area contributed by atoms with Gasteiger partial charge >= 0.3 is 0 Å². The molecule has 0 bridgehead atoms. The molecule has 4 nitrogen and oxygen atoms in total. The molecular weight excluding hydrogens is 312 g/mol. The lowest BCUT2D eigenvalue weighted by Crippen LogP contribution is -2.06. The minimum absolute atomic E-state index is 0.153. The van der Waals surface area contributed by atoms with Crippen LogP contribution in [0.5, 0.6) is 5.75 Å². The minimum Gasteiger partial charge on any atom is -0.491 e. The summed E-state index contributed by atoms with van der Waals surface area (Å²) in [6, 6.07) is 12.3. The first-order valence-corrected chi connectivity index (χ1v) is 8.84. The van der Waals surface area contributed by atoms with Gasteiger partial charge in [0, 0.05) is 11.1 Å². The Morgan fingerprint density at radius 2 is 2.00 bits per heavy atom. The fraction of sp³-hybridized carbons (Fsp3) is 0.333. The zero-order valence-electron chi connectivity index (χ0n) is 14.9. The molecule has 4 heteroatoms. The molecule has 0 amide bonds. The Bertz CT molecular complexity index is 912. The van der Waals surface area contributed by atoms with Gasteiger partial charge in [0.25, 0.3) is 5.89 Å². The van der Waals surface area contributed by atoms with Crippen LogP contribution in [-0.4, -0.2) is 16.2 Å². The van der Waals surface area contributed by atoms with Gasteiger partial charge in [0.1, 0.15) is 5.75 Å². The summed E-state index contributed by atoms with van der Waals surface area (Å²) in [5.74, 6) is 2.11. The van der Waals surface area contributed by atoms with Crippen LogP contribution in [0, 0.1) is 6.92 Å². The molecule has 0 unspecified atom stereocenters. The summed E-state index contributed by atoms with van der Waals surface area (Å²) in [6.45, 7) is 6.08. The Labute approximate surface area is 147 Å². The van der Waals surface area contributed by atoms with Gasteiger partial charge in [-0.1, -0.05) is 23.4 Å². The van der Waals surface area contributed by atoms with Crippen molar-refractivity contribution in [2.75, 3.05) is 0 Å². The lowest BCUT2D eigenvalue weighted by atomic mass is 10.0. The van der Waals surface area contributed by atoms with Crippen LogP contribution in [-0.2, 0) is 12.8 Å². The summed E-state index contributed by atoms with van der Waals surface area (Å²) < 4.78 is 11.3. The fourth-order valence-electron chi connectivity index (χ4n) is 3.45. The second-order valence-corrected chi connectivity index (χ2v) is 6.87. The highest BCUT2D eigenvalue weighted by molar-refractivity contribution is 5.66. The standard InChI is InChI=1S/C21H22N2O2/c1-13(2)24-19-11-10-16(12-14(19)3)21-22-20(23-25-21)18-9-5-7-15-6-4-8-17(15)18/h5,7,9-13H,4,6,8H2,1-3H3. The zero-order valence-corrected chi connectivity index (χ0v) is 14.9. The summed E-state index contributed by atoms with van der Waals surface area (Å²) in [4.78, 5) is 4.64. The molecule has 0 radical (unpaired) electrons. The van der Waals surface area contributed by atoms with E-state index < -0.39 is 0 Å². The molecule has 0 N–H and O–H groups in total. The van der Waals surface area contributed by atoms with Crippen LogP contribution in [0.3, 0.4) is 0 Å². The maximum atomic E-state index is 5.79. The van der Waals surface area contributed by atoms with E-state index in [9.17, 15) is 0 Å². The van der Waals surface area contributed by atoms with Gasteiger partial charge in [-0.3, -0.25) is 0 Å². The third-order valence-electron chi connectivity index (χ3n) is 4.60. The first-order valence-electron chi connectivity index (χ1n) is 8.84. The van der Waals surface area contributed by atoms with E-state index in [4.69, 9.17) is 9.26 Å². The maximum Gasteiger partial charge on any atom is 0.258 e. The Morgan fingerprint density at radius 1 is 1.12 bits per heavy atom. The molecule has 3 aromatic rings. The molecule has 0 saturated carbocycles. The largest absolute Gasteiger partial charge is 0.491 e. The van der Waals surface area contributed by atoms with Gasteiger partial charge in [-0.05, 0) is 74.9 Å². The minimum atomic E-state index is 0.153.